The lowest BCUT2D eigenvalue weighted by molar-refractivity contribution is 0.216. The number of aromatic hydroxyl groups is 1. The molecule has 9 heteroatoms. The van der Waals surface area contributed by atoms with Crippen molar-refractivity contribution in [1.82, 2.24) is 9.80 Å². The highest BCUT2D eigenvalue weighted by atomic mass is 16.6. The number of likely N-dealkylation sites (N-methyl/N-ethyl adjacent to an activating group) is 2. The molecular weight excluding hydrogens is 596 g/mol. The molecule has 0 amide bonds. The molecule has 2 atom stereocenters. The summed E-state index contributed by atoms with van der Waals surface area (Å²) >= 11 is 0. The average Bonchev–Trinajstić information content (AvgIpc) is 3.08. The first-order chi connectivity index (χ1) is 22.8. The third kappa shape index (κ3) is 5.47. The van der Waals surface area contributed by atoms with Gasteiger partial charge >= 0.3 is 0 Å². The second-order valence-electron chi connectivity index (χ2n) is 12.6. The van der Waals surface area contributed by atoms with Crippen molar-refractivity contribution >= 4 is 0 Å². The van der Waals surface area contributed by atoms with Crippen LogP contribution in [-0.4, -0.2) is 70.5 Å². The molecule has 4 aromatic carbocycles. The number of phenolic OH excluding ortho intramolecular Hbond substituents is 1. The molecule has 0 fully saturated rings. The molecule has 0 saturated carbocycles. The SMILES string of the molecule is COc1cc2c3cc1Oc1c(OC)c(OC)c(OC)c4c1C(Cc1ccc(cc1)Oc1cc(ccc1O)CC3N(C)CC2)N(C)CC4. The van der Waals surface area contributed by atoms with Crippen molar-refractivity contribution < 1.29 is 33.5 Å². The smallest absolute Gasteiger partial charge is 0.208 e. The lowest BCUT2D eigenvalue weighted by Gasteiger charge is -2.38. The van der Waals surface area contributed by atoms with Crippen LogP contribution in [0.3, 0.4) is 0 Å². The van der Waals surface area contributed by atoms with Crippen molar-refractivity contribution in [1.29, 1.82) is 0 Å². The van der Waals surface area contributed by atoms with Crippen LogP contribution >= 0.6 is 0 Å². The highest BCUT2D eigenvalue weighted by molar-refractivity contribution is 5.70. The van der Waals surface area contributed by atoms with Crippen LogP contribution in [0, 0.1) is 0 Å². The molecule has 1 N–H and O–H groups in total. The molecule has 4 heterocycles. The first-order valence-electron chi connectivity index (χ1n) is 16.1. The van der Waals surface area contributed by atoms with Gasteiger partial charge in [0.05, 0.1) is 28.4 Å². The van der Waals surface area contributed by atoms with Crippen LogP contribution in [0.2, 0.25) is 0 Å². The average molecular weight is 639 g/mol. The molecular formula is C38H42N2O7. The van der Waals surface area contributed by atoms with E-state index in [-0.39, 0.29) is 17.8 Å². The molecule has 0 spiro atoms. The van der Waals surface area contributed by atoms with Gasteiger partial charge < -0.3 is 33.5 Å². The Labute approximate surface area is 276 Å². The van der Waals surface area contributed by atoms with Crippen LogP contribution < -0.4 is 28.4 Å². The fourth-order valence-electron chi connectivity index (χ4n) is 7.42. The zero-order valence-corrected chi connectivity index (χ0v) is 27.9. The van der Waals surface area contributed by atoms with Crippen molar-refractivity contribution in [2.45, 2.75) is 37.8 Å². The summed E-state index contributed by atoms with van der Waals surface area (Å²) in [7, 11) is 10.9. The van der Waals surface area contributed by atoms with Crippen molar-refractivity contribution in [3.05, 3.63) is 88.0 Å². The Bertz CT molecular complexity index is 1810. The molecule has 246 valence electrons. The monoisotopic (exact) mass is 638 g/mol. The molecule has 4 aromatic rings. The van der Waals surface area contributed by atoms with Crippen LogP contribution in [0.4, 0.5) is 0 Å². The highest BCUT2D eigenvalue weighted by Gasteiger charge is 2.37. The maximum absolute atomic E-state index is 10.7. The van der Waals surface area contributed by atoms with E-state index in [2.05, 4.69) is 48.2 Å². The molecule has 47 heavy (non-hydrogen) atoms. The Kier molecular flexibility index (Phi) is 8.28. The van der Waals surface area contributed by atoms with E-state index in [0.717, 1.165) is 48.2 Å². The van der Waals surface area contributed by atoms with Gasteiger partial charge in [-0.1, -0.05) is 18.2 Å². The molecule has 0 radical (unpaired) electrons. The third-order valence-electron chi connectivity index (χ3n) is 9.95. The summed E-state index contributed by atoms with van der Waals surface area (Å²) in [6.07, 6.45) is 3.06. The summed E-state index contributed by atoms with van der Waals surface area (Å²) in [5.41, 5.74) is 6.62. The molecule has 0 aliphatic carbocycles. The third-order valence-corrected chi connectivity index (χ3v) is 9.95. The first-order valence-corrected chi connectivity index (χ1v) is 16.1. The lowest BCUT2D eigenvalue weighted by atomic mass is 9.86. The number of hydrogen-bond donors (Lipinski definition) is 1. The predicted molar refractivity (Wildman–Crippen MR) is 179 cm³/mol. The van der Waals surface area contributed by atoms with Gasteiger partial charge in [-0.15, -0.1) is 0 Å². The highest BCUT2D eigenvalue weighted by Crippen LogP contribution is 2.56. The Morgan fingerprint density at radius 1 is 0.681 bits per heavy atom. The predicted octanol–water partition coefficient (Wildman–Crippen LogP) is 6.87. The van der Waals surface area contributed by atoms with Crippen molar-refractivity contribution in [2.75, 3.05) is 55.6 Å². The molecule has 8 rings (SSSR count). The topological polar surface area (TPSA) is 82.1 Å². The number of hydrogen-bond acceptors (Lipinski definition) is 9. The van der Waals surface area contributed by atoms with Gasteiger partial charge in [0.15, 0.2) is 34.5 Å². The zero-order chi connectivity index (χ0) is 32.8. The summed E-state index contributed by atoms with van der Waals surface area (Å²) < 4.78 is 37.3. The van der Waals surface area contributed by atoms with Crippen molar-refractivity contribution in [2.24, 2.45) is 0 Å². The summed E-state index contributed by atoms with van der Waals surface area (Å²) in [6, 6.07) is 17.9. The van der Waals surface area contributed by atoms with Gasteiger partial charge in [-0.2, -0.15) is 0 Å². The van der Waals surface area contributed by atoms with Gasteiger partial charge in [-0.25, -0.2) is 0 Å². The number of methoxy groups -OCH3 is 4. The van der Waals surface area contributed by atoms with E-state index in [0.29, 0.717) is 58.8 Å². The summed E-state index contributed by atoms with van der Waals surface area (Å²) in [6.45, 7) is 1.73. The summed E-state index contributed by atoms with van der Waals surface area (Å²) in [4.78, 5) is 4.72. The number of ether oxygens (including phenoxy) is 6. The van der Waals surface area contributed by atoms with E-state index in [1.165, 1.54) is 11.1 Å². The number of phenols is 1. The quantitative estimate of drug-likeness (QED) is 0.258. The van der Waals surface area contributed by atoms with E-state index in [4.69, 9.17) is 28.4 Å². The molecule has 4 aliphatic heterocycles. The van der Waals surface area contributed by atoms with E-state index < -0.39 is 0 Å². The standard InChI is InChI=1S/C38H42N2O7/c1-39-15-13-24-20-32(42-3)33-21-27(24)28(39)18-23-9-12-30(41)31(19-23)46-25-10-7-22(8-11-25)17-29-34-26(14-16-40(29)2)35(43-4)37(44-5)38(45-6)36(34)47-33/h7-12,19-21,28-29,41H,13-18H2,1-6H3. The van der Waals surface area contributed by atoms with E-state index in [1.54, 1.807) is 34.5 Å². The molecule has 4 aliphatic rings. The van der Waals surface area contributed by atoms with Crippen molar-refractivity contribution in [3.63, 3.8) is 0 Å². The minimum Gasteiger partial charge on any atom is -0.504 e. The summed E-state index contributed by atoms with van der Waals surface area (Å²) in [5.74, 6) is 4.71. The van der Waals surface area contributed by atoms with E-state index in [1.807, 2.05) is 24.3 Å². The Morgan fingerprint density at radius 2 is 1.36 bits per heavy atom. The number of fused-ring (bicyclic) bond motifs is 2. The fraction of sp³-hybridized carbons (Fsp3) is 0.368. The van der Waals surface area contributed by atoms with E-state index in [9.17, 15) is 5.11 Å². The fourth-order valence-corrected chi connectivity index (χ4v) is 7.42. The summed E-state index contributed by atoms with van der Waals surface area (Å²) in [5, 5.41) is 10.7. The molecule has 2 unspecified atom stereocenters. The minimum absolute atomic E-state index is 0.0580. The van der Waals surface area contributed by atoms with Gasteiger partial charge in [0.2, 0.25) is 11.5 Å². The van der Waals surface area contributed by atoms with Crippen LogP contribution in [-0.2, 0) is 25.7 Å². The van der Waals surface area contributed by atoms with Crippen molar-refractivity contribution in [3.8, 4) is 51.7 Å². The Hall–Kier alpha value is -4.60. The zero-order valence-electron chi connectivity index (χ0n) is 27.9. The Balaban J connectivity index is 1.49. The number of nitrogens with zero attached hydrogens (tertiary/aromatic N) is 2. The van der Waals surface area contributed by atoms with Gasteiger partial charge in [-0.3, -0.25) is 9.80 Å². The Morgan fingerprint density at radius 3 is 2.09 bits per heavy atom. The normalized spacial score (nSPS) is 19.0. The van der Waals surface area contributed by atoms with Crippen LogP contribution in [0.25, 0.3) is 0 Å². The number of rotatable bonds is 4. The van der Waals surface area contributed by atoms with Gasteiger partial charge in [-0.05, 0) is 98.4 Å². The largest absolute Gasteiger partial charge is 0.504 e. The van der Waals surface area contributed by atoms with Gasteiger partial charge in [0.25, 0.3) is 0 Å². The maximum atomic E-state index is 10.7. The minimum atomic E-state index is -0.0589. The first kappa shape index (κ1) is 31.0. The van der Waals surface area contributed by atoms with Gasteiger partial charge in [0, 0.05) is 36.3 Å². The molecule has 0 aromatic heterocycles. The second kappa shape index (κ2) is 12.5. The molecule has 0 saturated heterocycles. The van der Waals surface area contributed by atoms with E-state index >= 15 is 0 Å². The van der Waals surface area contributed by atoms with Crippen LogP contribution in [0.1, 0.15) is 45.5 Å². The second-order valence-corrected chi connectivity index (χ2v) is 12.6. The lowest BCUT2D eigenvalue weighted by Crippen LogP contribution is -2.34. The maximum Gasteiger partial charge on any atom is 0.208 e. The van der Waals surface area contributed by atoms with Gasteiger partial charge in [0.1, 0.15) is 5.75 Å². The molecule has 6 bridgehead atoms. The molecule has 9 nitrogen and oxygen atoms in total. The van der Waals surface area contributed by atoms with Crippen LogP contribution in [0.15, 0.2) is 54.6 Å². The number of benzene rings is 4. The van der Waals surface area contributed by atoms with Crippen LogP contribution in [0.5, 0.6) is 51.7 Å².